The molecule has 6 atom stereocenters. The van der Waals surface area contributed by atoms with Crippen molar-refractivity contribution < 1.29 is 81.3 Å². The van der Waals surface area contributed by atoms with Crippen LogP contribution >= 0.6 is 0 Å². The Bertz CT molecular complexity index is 3230. The number of nitrogens with zero attached hydrogens (tertiary/aromatic N) is 5. The van der Waals surface area contributed by atoms with Crippen LogP contribution in [-0.2, 0) is 66.2 Å². The third kappa shape index (κ3) is 15.2. The molecule has 88 heavy (non-hydrogen) atoms. The molecule has 4 fully saturated rings. The highest BCUT2D eigenvalue weighted by molar-refractivity contribution is 5.80. The lowest BCUT2D eigenvalue weighted by molar-refractivity contribution is -0.145. The van der Waals surface area contributed by atoms with E-state index in [2.05, 4.69) is 17.5 Å². The number of nitriles is 2. The second-order valence-electron chi connectivity index (χ2n) is 22.0. The van der Waals surface area contributed by atoms with Crippen LogP contribution in [0.5, 0.6) is 0 Å². The molecular weight excluding hydrogens is 1180 g/mol. The third-order valence-electron chi connectivity index (χ3n) is 16.5. The number of hydrogen-bond donors (Lipinski definition) is 1. The molecule has 474 valence electrons. The van der Waals surface area contributed by atoms with Crippen molar-refractivity contribution in [3.8, 4) is 12.1 Å². The van der Waals surface area contributed by atoms with Crippen LogP contribution in [0.2, 0.25) is 0 Å². The van der Waals surface area contributed by atoms with Crippen LogP contribution in [0.4, 0.5) is 57.5 Å². The molecule has 0 radical (unpaired) electrons. The van der Waals surface area contributed by atoms with Crippen LogP contribution < -0.4 is 5.32 Å². The average molecular weight is 1250 g/mol. The Morgan fingerprint density at radius 3 is 1.38 bits per heavy atom. The predicted molar refractivity (Wildman–Crippen MR) is 300 cm³/mol. The van der Waals surface area contributed by atoms with Gasteiger partial charge < -0.3 is 29.3 Å². The summed E-state index contributed by atoms with van der Waals surface area (Å²) in [5.41, 5.74) is -9.01. The Labute approximate surface area is 502 Å². The van der Waals surface area contributed by atoms with Crippen molar-refractivity contribution in [2.45, 2.75) is 146 Å². The van der Waals surface area contributed by atoms with Gasteiger partial charge in [0.25, 0.3) is 0 Å². The standard InChI is InChI=1S/C35H33F6N3O4.C27H27F6N3O2.2CH4/c1-24(26-17-28(34(36,37)38)19-29(18-26)35(39,40)41)48-23-33(27-11-6-3-7-12-27)15-14-32(21-42,43-16-8-13-30(43)45)22-44(33)31(46)47-20-25-9-4-2-5-10-25;1-18(19-12-21(26(28,29)30)14-22(13-19)27(31,32)33)38-17-25(20-6-3-2-4-7-20)10-9-24(15-34,16-35-25)36-11-5-8-23(36)37;;/h2-7,9-12,17-19,24H,8,13-16,20,22-23H2,1H3;2-4,6-7,12-14,18,35H,5,8-11,16-17H2,1H3;2*1H4/t24-,32-,33-;18-,24-,25-;;/m11../s1. The Morgan fingerprint density at radius 2 is 0.977 bits per heavy atom. The van der Waals surface area contributed by atoms with Gasteiger partial charge in [0, 0.05) is 32.5 Å². The molecule has 0 aliphatic carbocycles. The van der Waals surface area contributed by atoms with E-state index in [4.69, 9.17) is 14.2 Å². The number of likely N-dealkylation sites (tertiary alicyclic amines) is 3. The van der Waals surface area contributed by atoms with Gasteiger partial charge in [-0.1, -0.05) is 106 Å². The smallest absolute Gasteiger partial charge is 0.416 e. The number of carbonyl (C=O) groups is 3. The Kier molecular flexibility index (Phi) is 21.6. The van der Waals surface area contributed by atoms with Crippen molar-refractivity contribution in [2.24, 2.45) is 0 Å². The lowest BCUT2D eigenvalue weighted by atomic mass is 9.74. The molecule has 12 nitrogen and oxygen atoms in total. The first-order valence-corrected chi connectivity index (χ1v) is 27.6. The van der Waals surface area contributed by atoms with Gasteiger partial charge in [0.2, 0.25) is 11.8 Å². The first-order valence-electron chi connectivity index (χ1n) is 27.6. The van der Waals surface area contributed by atoms with Gasteiger partial charge in [0.15, 0.2) is 0 Å². The van der Waals surface area contributed by atoms with Gasteiger partial charge in [-0.25, -0.2) is 4.79 Å². The average Bonchev–Trinajstić information content (AvgIpc) is 3.00. The van der Waals surface area contributed by atoms with Crippen molar-refractivity contribution in [3.05, 3.63) is 177 Å². The molecule has 4 aliphatic heterocycles. The second-order valence-corrected chi connectivity index (χ2v) is 22.0. The summed E-state index contributed by atoms with van der Waals surface area (Å²) < 4.78 is 180. The monoisotopic (exact) mass is 1240 g/mol. The minimum Gasteiger partial charge on any atom is -0.445 e. The Hall–Kier alpha value is -7.67. The molecule has 4 heterocycles. The predicted octanol–water partition coefficient (Wildman–Crippen LogP) is 15.3. The van der Waals surface area contributed by atoms with Crippen molar-refractivity contribution in [1.82, 2.24) is 20.0 Å². The zero-order valence-electron chi connectivity index (χ0n) is 46.6. The number of ether oxygens (including phenoxy) is 3. The molecular formula is C64H68F12N6O6. The Morgan fingerprint density at radius 1 is 0.568 bits per heavy atom. The van der Waals surface area contributed by atoms with Gasteiger partial charge >= 0.3 is 30.8 Å². The molecule has 0 aromatic heterocycles. The summed E-state index contributed by atoms with van der Waals surface area (Å²) in [6.45, 7) is 2.85. The summed E-state index contributed by atoms with van der Waals surface area (Å²) in [5, 5.41) is 23.9. The van der Waals surface area contributed by atoms with Gasteiger partial charge in [0.05, 0.1) is 77.4 Å². The van der Waals surface area contributed by atoms with E-state index in [1.54, 1.807) is 77.7 Å². The zero-order chi connectivity index (χ0) is 62.5. The molecule has 9 rings (SSSR count). The van der Waals surface area contributed by atoms with Gasteiger partial charge in [0.1, 0.15) is 17.7 Å². The van der Waals surface area contributed by atoms with E-state index in [-0.39, 0.29) is 102 Å². The van der Waals surface area contributed by atoms with Crippen LogP contribution in [0.25, 0.3) is 0 Å². The summed E-state index contributed by atoms with van der Waals surface area (Å²) in [6, 6.07) is 33.8. The van der Waals surface area contributed by atoms with E-state index in [0.717, 1.165) is 5.56 Å². The lowest BCUT2D eigenvalue weighted by Crippen LogP contribution is -2.66. The molecule has 5 aromatic carbocycles. The van der Waals surface area contributed by atoms with E-state index < -0.39 is 87.4 Å². The highest BCUT2D eigenvalue weighted by Crippen LogP contribution is 2.47. The molecule has 4 saturated heterocycles. The molecule has 24 heteroatoms. The maximum absolute atomic E-state index is 14.1. The van der Waals surface area contributed by atoms with Gasteiger partial charge in [-0.15, -0.1) is 0 Å². The number of nitrogens with one attached hydrogen (secondary N) is 1. The maximum Gasteiger partial charge on any atom is 0.416 e. The minimum atomic E-state index is -5.04. The molecule has 0 bridgehead atoms. The number of alkyl halides is 12. The van der Waals surface area contributed by atoms with Gasteiger partial charge in [-0.05, 0) is 117 Å². The fourth-order valence-corrected chi connectivity index (χ4v) is 11.6. The van der Waals surface area contributed by atoms with Crippen LogP contribution in [0.3, 0.4) is 0 Å². The molecule has 0 spiro atoms. The van der Waals surface area contributed by atoms with Crippen LogP contribution in [0.15, 0.2) is 127 Å². The highest BCUT2D eigenvalue weighted by atomic mass is 19.4. The van der Waals surface area contributed by atoms with E-state index in [9.17, 15) is 77.6 Å². The molecule has 0 unspecified atom stereocenters. The van der Waals surface area contributed by atoms with Crippen LogP contribution in [-0.4, -0.2) is 83.1 Å². The van der Waals surface area contributed by atoms with Crippen molar-refractivity contribution in [2.75, 3.05) is 39.4 Å². The van der Waals surface area contributed by atoms with Crippen molar-refractivity contribution >= 4 is 17.9 Å². The first-order chi connectivity index (χ1) is 40.5. The number of carbonyl (C=O) groups excluding carboxylic acids is 3. The summed E-state index contributed by atoms with van der Waals surface area (Å²) in [6.07, 6.45) is -20.5. The van der Waals surface area contributed by atoms with Crippen LogP contribution in [0, 0.1) is 22.7 Å². The third-order valence-corrected chi connectivity index (χ3v) is 16.5. The molecule has 3 amide bonds. The molecule has 5 aromatic rings. The van der Waals surface area contributed by atoms with Gasteiger partial charge in [-0.3, -0.25) is 14.5 Å². The molecule has 0 saturated carbocycles. The zero-order valence-corrected chi connectivity index (χ0v) is 46.6. The summed E-state index contributed by atoms with van der Waals surface area (Å²) in [7, 11) is 0. The number of piperidine rings is 2. The first kappa shape index (κ1) is 69.4. The number of amides is 3. The SMILES string of the molecule is C.C.C[C@@H](OC[C@@]1(c2ccccc2)CC[C@](C#N)(N2CCCC2=O)CN1)c1cc(C(F)(F)F)cc(C(F)(F)F)c1.C[C@@H](OC[C@@]1(c2ccccc2)CC[C@](C#N)(N2CCCC2=O)CN1C(=O)OCc1ccccc1)c1cc(C(F)(F)F)cc(C(F)(F)F)c1. The van der Waals surface area contributed by atoms with E-state index >= 15 is 0 Å². The lowest BCUT2D eigenvalue weighted by Gasteiger charge is -2.53. The summed E-state index contributed by atoms with van der Waals surface area (Å²) in [4.78, 5) is 43.7. The fraction of sp³-hybridized carbons (Fsp3) is 0.453. The number of hydrogen-bond acceptors (Lipinski definition) is 9. The second kappa shape index (κ2) is 27.4. The normalized spacial score (nSPS) is 23.1. The van der Waals surface area contributed by atoms with Crippen molar-refractivity contribution in [1.29, 1.82) is 10.5 Å². The van der Waals surface area contributed by atoms with Gasteiger partial charge in [-0.2, -0.15) is 63.2 Å². The van der Waals surface area contributed by atoms with E-state index in [0.29, 0.717) is 80.6 Å². The van der Waals surface area contributed by atoms with Crippen LogP contribution in [0.1, 0.15) is 142 Å². The minimum absolute atomic E-state index is 0. The largest absolute Gasteiger partial charge is 0.445 e. The number of halogens is 12. The van der Waals surface area contributed by atoms with E-state index in [1.165, 1.54) is 23.6 Å². The summed E-state index contributed by atoms with van der Waals surface area (Å²) >= 11 is 0. The maximum atomic E-state index is 14.1. The van der Waals surface area contributed by atoms with E-state index in [1.807, 2.05) is 18.2 Å². The molecule has 1 N–H and O–H groups in total. The fourth-order valence-electron chi connectivity index (χ4n) is 11.6. The number of benzene rings is 5. The Balaban J connectivity index is 0.000000282. The van der Waals surface area contributed by atoms with Crippen molar-refractivity contribution in [3.63, 3.8) is 0 Å². The summed E-state index contributed by atoms with van der Waals surface area (Å²) in [5.74, 6) is -0.313. The molecule has 4 aliphatic rings. The topological polar surface area (TPSA) is 148 Å². The highest BCUT2D eigenvalue weighted by Gasteiger charge is 2.56. The number of rotatable bonds is 14. The quantitative estimate of drug-likeness (QED) is 0.107.